The van der Waals surface area contributed by atoms with E-state index in [-0.39, 0.29) is 0 Å². The van der Waals surface area contributed by atoms with Crippen LogP contribution >= 0.6 is 0 Å². The first-order valence-electron chi connectivity index (χ1n) is 12.0. The van der Waals surface area contributed by atoms with Gasteiger partial charge >= 0.3 is 0 Å². The normalized spacial score (nSPS) is 11.4. The molecule has 0 aliphatic carbocycles. The summed E-state index contributed by atoms with van der Waals surface area (Å²) in [6, 6.07) is 4.41. The third-order valence-corrected chi connectivity index (χ3v) is 5.64. The van der Waals surface area contributed by atoms with Crippen LogP contribution in [0.15, 0.2) is 12.1 Å². The van der Waals surface area contributed by atoms with Gasteiger partial charge < -0.3 is 18.8 Å². The minimum absolute atomic E-state index is 0.462. The molecule has 4 nitrogen and oxygen atoms in total. The molecule has 1 heterocycles. The Morgan fingerprint density at radius 2 is 1.00 bits per heavy atom. The van der Waals surface area contributed by atoms with E-state index in [2.05, 4.69) is 30.5 Å². The van der Waals surface area contributed by atoms with Crippen LogP contribution in [0.5, 0.6) is 0 Å². The Kier molecular flexibility index (Phi) is 17.3. The van der Waals surface area contributed by atoms with Gasteiger partial charge in [0.05, 0.1) is 0 Å². The predicted octanol–water partition coefficient (Wildman–Crippen LogP) is 6.81. The van der Waals surface area contributed by atoms with E-state index >= 15 is 0 Å². The lowest BCUT2D eigenvalue weighted by Crippen LogP contribution is -2.04. The zero-order valence-electron chi connectivity index (χ0n) is 19.6. The van der Waals surface area contributed by atoms with Gasteiger partial charge in [-0.3, -0.25) is 0 Å². The van der Waals surface area contributed by atoms with E-state index < -0.39 is 0 Å². The molecule has 4 heteroatoms. The number of nitrogens with zero attached hydrogens (tertiary/aromatic N) is 1. The molecule has 0 N–H and O–H groups in total. The maximum Gasteiger partial charge on any atom is 0.146 e. The second-order valence-corrected chi connectivity index (χ2v) is 8.29. The molecule has 0 amide bonds. The van der Waals surface area contributed by atoms with Crippen LogP contribution in [-0.2, 0) is 20.8 Å². The summed E-state index contributed by atoms with van der Waals surface area (Å²) in [7, 11) is 1.78. The lowest BCUT2D eigenvalue weighted by atomic mass is 10.1. The molecule has 0 unspecified atom stereocenters. The van der Waals surface area contributed by atoms with Gasteiger partial charge in [0.1, 0.15) is 6.79 Å². The van der Waals surface area contributed by atoms with Crippen LogP contribution in [0.3, 0.4) is 0 Å². The molecule has 0 bridgehead atoms. The molecule has 170 valence electrons. The van der Waals surface area contributed by atoms with Crippen molar-refractivity contribution in [1.29, 1.82) is 0 Å². The summed E-state index contributed by atoms with van der Waals surface area (Å²) in [5.41, 5.74) is 2.74. The third kappa shape index (κ3) is 14.7. The number of ether oxygens (including phenoxy) is 3. The van der Waals surface area contributed by atoms with Crippen LogP contribution in [-0.4, -0.2) is 38.3 Å². The lowest BCUT2D eigenvalue weighted by molar-refractivity contribution is -0.0556. The number of methoxy groups -OCH3 is 1. The van der Waals surface area contributed by atoms with Crippen LogP contribution < -0.4 is 0 Å². The number of unbranched alkanes of at least 4 members (excludes halogenated alkanes) is 11. The van der Waals surface area contributed by atoms with Crippen molar-refractivity contribution in [1.82, 2.24) is 4.57 Å². The third-order valence-electron chi connectivity index (χ3n) is 5.64. The van der Waals surface area contributed by atoms with Crippen molar-refractivity contribution >= 4 is 0 Å². The summed E-state index contributed by atoms with van der Waals surface area (Å²) in [6.45, 7) is 8.56. The fourth-order valence-electron chi connectivity index (χ4n) is 3.74. The topological polar surface area (TPSA) is 32.6 Å². The van der Waals surface area contributed by atoms with Crippen molar-refractivity contribution in [2.75, 3.05) is 33.7 Å². The van der Waals surface area contributed by atoms with Crippen LogP contribution in [0.4, 0.5) is 0 Å². The van der Waals surface area contributed by atoms with Crippen molar-refractivity contribution in [3.05, 3.63) is 23.5 Å². The van der Waals surface area contributed by atoms with Gasteiger partial charge in [0, 0.05) is 44.9 Å². The fraction of sp³-hybridized carbons (Fsp3) is 0.840. The number of aryl methyl sites for hydroxylation is 2. The minimum atomic E-state index is 0.462. The van der Waals surface area contributed by atoms with Gasteiger partial charge in [0.2, 0.25) is 0 Å². The van der Waals surface area contributed by atoms with Gasteiger partial charge in [-0.1, -0.05) is 57.8 Å². The van der Waals surface area contributed by atoms with Crippen LogP contribution in [0.1, 0.15) is 94.9 Å². The molecule has 1 aromatic rings. The van der Waals surface area contributed by atoms with E-state index in [0.717, 1.165) is 39.2 Å². The fourth-order valence-corrected chi connectivity index (χ4v) is 3.74. The van der Waals surface area contributed by atoms with E-state index in [1.54, 1.807) is 7.11 Å². The Bertz CT molecular complexity index is 453. The van der Waals surface area contributed by atoms with E-state index in [9.17, 15) is 0 Å². The highest BCUT2D eigenvalue weighted by Crippen LogP contribution is 2.11. The molecular formula is C25H47NO3. The molecule has 29 heavy (non-hydrogen) atoms. The highest BCUT2D eigenvalue weighted by atomic mass is 16.7. The van der Waals surface area contributed by atoms with E-state index in [1.807, 2.05) is 0 Å². The Hall–Kier alpha value is -0.840. The molecule has 1 rings (SSSR count). The molecule has 0 aliphatic rings. The Labute approximate surface area is 180 Å². The molecule has 0 radical (unpaired) electrons. The number of hydrogen-bond donors (Lipinski definition) is 0. The first-order valence-corrected chi connectivity index (χ1v) is 12.0. The van der Waals surface area contributed by atoms with Crippen molar-refractivity contribution < 1.29 is 14.2 Å². The molecule has 0 saturated carbocycles. The second kappa shape index (κ2) is 19.1. The van der Waals surface area contributed by atoms with Gasteiger partial charge in [-0.15, -0.1) is 0 Å². The average Bonchev–Trinajstić information content (AvgIpc) is 3.04. The summed E-state index contributed by atoms with van der Waals surface area (Å²) >= 11 is 0. The first-order chi connectivity index (χ1) is 14.3. The minimum Gasteiger partial charge on any atom is -0.385 e. The zero-order chi connectivity index (χ0) is 21.0. The van der Waals surface area contributed by atoms with Crippen molar-refractivity contribution in [2.45, 2.75) is 104 Å². The summed E-state index contributed by atoms with van der Waals surface area (Å²) in [6.07, 6.45) is 16.7. The van der Waals surface area contributed by atoms with Crippen molar-refractivity contribution in [3.8, 4) is 0 Å². The molecule has 1 aromatic heterocycles. The molecule has 0 aliphatic heterocycles. The zero-order valence-corrected chi connectivity index (χ0v) is 19.6. The predicted molar refractivity (Wildman–Crippen MR) is 123 cm³/mol. The lowest BCUT2D eigenvalue weighted by Gasteiger charge is -2.09. The summed E-state index contributed by atoms with van der Waals surface area (Å²) < 4.78 is 18.7. The highest BCUT2D eigenvalue weighted by Gasteiger charge is 2.00. The SMILES string of the molecule is COCCCCCCCCCCCOCOCCCCCCn1c(C)ccc1C. The average molecular weight is 410 g/mol. The Balaban J connectivity index is 1.71. The second-order valence-electron chi connectivity index (χ2n) is 8.29. The number of aromatic nitrogens is 1. The summed E-state index contributed by atoms with van der Waals surface area (Å²) in [5.74, 6) is 0. The summed E-state index contributed by atoms with van der Waals surface area (Å²) in [4.78, 5) is 0. The molecular weight excluding hydrogens is 362 g/mol. The van der Waals surface area contributed by atoms with Crippen molar-refractivity contribution in [2.24, 2.45) is 0 Å². The maximum atomic E-state index is 5.59. The van der Waals surface area contributed by atoms with Gasteiger partial charge in [-0.05, 0) is 51.7 Å². The van der Waals surface area contributed by atoms with Crippen LogP contribution in [0.2, 0.25) is 0 Å². The molecule has 0 aromatic carbocycles. The Morgan fingerprint density at radius 3 is 1.48 bits per heavy atom. The van der Waals surface area contributed by atoms with Crippen molar-refractivity contribution in [3.63, 3.8) is 0 Å². The smallest absolute Gasteiger partial charge is 0.146 e. The molecule has 0 fully saturated rings. The van der Waals surface area contributed by atoms with Crippen LogP contribution in [0.25, 0.3) is 0 Å². The number of rotatable bonds is 21. The quantitative estimate of drug-likeness (QED) is 0.165. The molecule has 0 atom stereocenters. The molecule has 0 spiro atoms. The standard InChI is InChI=1S/C25H47NO3/c1-24-17-18-25(2)26(24)19-13-9-12-16-22-29-23-28-21-15-11-8-6-4-5-7-10-14-20-27-3/h17-18H,4-16,19-23H2,1-3H3. The van der Waals surface area contributed by atoms with Gasteiger partial charge in [-0.2, -0.15) is 0 Å². The van der Waals surface area contributed by atoms with Gasteiger partial charge in [0.15, 0.2) is 0 Å². The summed E-state index contributed by atoms with van der Waals surface area (Å²) in [5, 5.41) is 0. The largest absolute Gasteiger partial charge is 0.385 e. The van der Waals surface area contributed by atoms with Crippen LogP contribution in [0, 0.1) is 13.8 Å². The first kappa shape index (κ1) is 26.2. The van der Waals surface area contributed by atoms with E-state index in [0.29, 0.717) is 6.79 Å². The van der Waals surface area contributed by atoms with Gasteiger partial charge in [-0.25, -0.2) is 0 Å². The maximum absolute atomic E-state index is 5.59. The van der Waals surface area contributed by atoms with E-state index in [1.165, 1.54) is 82.0 Å². The highest BCUT2D eigenvalue weighted by molar-refractivity contribution is 5.13. The van der Waals surface area contributed by atoms with Gasteiger partial charge in [0.25, 0.3) is 0 Å². The Morgan fingerprint density at radius 1 is 0.586 bits per heavy atom. The molecule has 0 saturated heterocycles. The monoisotopic (exact) mass is 409 g/mol. The number of hydrogen-bond acceptors (Lipinski definition) is 3. The van der Waals surface area contributed by atoms with E-state index in [4.69, 9.17) is 14.2 Å².